The molecule has 0 aliphatic carbocycles. The minimum absolute atomic E-state index is 0.733. The second kappa shape index (κ2) is 4.44. The number of rotatable bonds is 3. The van der Waals surface area contributed by atoms with Crippen molar-refractivity contribution in [3.63, 3.8) is 0 Å². The molecule has 0 saturated carbocycles. The van der Waals surface area contributed by atoms with E-state index in [4.69, 9.17) is 0 Å². The predicted molar refractivity (Wildman–Crippen MR) is 62.6 cm³/mol. The maximum Gasteiger partial charge on any atom is 0.126 e. The van der Waals surface area contributed by atoms with Crippen LogP contribution >= 0.6 is 15.9 Å². The van der Waals surface area contributed by atoms with Crippen LogP contribution in [0, 0.1) is 6.92 Å². The van der Waals surface area contributed by atoms with Crippen LogP contribution in [0.2, 0.25) is 0 Å². The number of halogens is 1. The number of H-pyrrole nitrogens is 1. The Hall–Kier alpha value is -1.36. The highest BCUT2D eigenvalue weighted by molar-refractivity contribution is 9.10. The van der Waals surface area contributed by atoms with E-state index in [1.807, 2.05) is 25.3 Å². The topological polar surface area (TPSA) is 53.6 Å². The molecule has 2 aromatic rings. The molecular weight excluding hydrogens is 256 g/mol. The van der Waals surface area contributed by atoms with E-state index in [-0.39, 0.29) is 0 Å². The van der Waals surface area contributed by atoms with Gasteiger partial charge in [-0.2, -0.15) is 5.10 Å². The normalized spacial score (nSPS) is 10.3. The maximum absolute atomic E-state index is 4.22. The third-order valence-corrected chi connectivity index (χ3v) is 2.59. The van der Waals surface area contributed by atoms with Crippen molar-refractivity contribution in [2.75, 3.05) is 5.32 Å². The zero-order valence-corrected chi connectivity index (χ0v) is 9.87. The molecule has 0 saturated heterocycles. The molecule has 0 aromatic carbocycles. The molecule has 2 rings (SSSR count). The Kier molecular flexibility index (Phi) is 3.01. The van der Waals surface area contributed by atoms with E-state index >= 15 is 0 Å². The summed E-state index contributed by atoms with van der Waals surface area (Å²) < 4.78 is 0.979. The fourth-order valence-corrected chi connectivity index (χ4v) is 1.45. The van der Waals surface area contributed by atoms with Crippen molar-refractivity contribution >= 4 is 21.7 Å². The van der Waals surface area contributed by atoms with Gasteiger partial charge in [0.1, 0.15) is 5.82 Å². The van der Waals surface area contributed by atoms with Gasteiger partial charge in [-0.1, -0.05) is 0 Å². The van der Waals surface area contributed by atoms with Gasteiger partial charge in [0.25, 0.3) is 0 Å². The third-order valence-electron chi connectivity index (χ3n) is 2.12. The molecule has 78 valence electrons. The second-order valence-electron chi connectivity index (χ2n) is 3.24. The highest BCUT2D eigenvalue weighted by Crippen LogP contribution is 2.12. The molecular formula is C10H11BrN4. The van der Waals surface area contributed by atoms with Crippen molar-refractivity contribution in [3.8, 4) is 0 Å². The molecule has 0 atom stereocenters. The van der Waals surface area contributed by atoms with Gasteiger partial charge in [-0.15, -0.1) is 0 Å². The van der Waals surface area contributed by atoms with Gasteiger partial charge in [0.2, 0.25) is 0 Å². The molecule has 0 amide bonds. The number of aromatic amines is 1. The predicted octanol–water partition coefficient (Wildman–Crippen LogP) is 2.49. The third kappa shape index (κ3) is 2.56. The molecule has 2 aromatic heterocycles. The Bertz CT molecular complexity index is 435. The van der Waals surface area contributed by atoms with Crippen LogP contribution in [-0.4, -0.2) is 15.2 Å². The average molecular weight is 267 g/mol. The Morgan fingerprint density at radius 2 is 2.27 bits per heavy atom. The number of aryl methyl sites for hydroxylation is 1. The largest absolute Gasteiger partial charge is 0.366 e. The highest BCUT2D eigenvalue weighted by Gasteiger charge is 2.00. The molecule has 2 heterocycles. The molecule has 4 nitrogen and oxygen atoms in total. The molecule has 0 radical (unpaired) electrons. The summed E-state index contributed by atoms with van der Waals surface area (Å²) in [5.41, 5.74) is 2.24. The minimum atomic E-state index is 0.733. The van der Waals surface area contributed by atoms with Crippen LogP contribution in [0.1, 0.15) is 11.3 Å². The summed E-state index contributed by atoms with van der Waals surface area (Å²) in [6.45, 7) is 2.73. The second-order valence-corrected chi connectivity index (χ2v) is 4.15. The first-order valence-electron chi connectivity index (χ1n) is 4.60. The fraction of sp³-hybridized carbons (Fsp3) is 0.200. The summed E-state index contributed by atoms with van der Waals surface area (Å²) in [5, 5.41) is 10.1. The van der Waals surface area contributed by atoms with Gasteiger partial charge in [0.05, 0.1) is 6.20 Å². The quantitative estimate of drug-likeness (QED) is 0.898. The lowest BCUT2D eigenvalue weighted by Gasteiger charge is -2.04. The van der Waals surface area contributed by atoms with E-state index in [2.05, 4.69) is 36.4 Å². The van der Waals surface area contributed by atoms with Crippen LogP contribution < -0.4 is 5.32 Å². The van der Waals surface area contributed by atoms with Gasteiger partial charge in [0.15, 0.2) is 0 Å². The minimum Gasteiger partial charge on any atom is -0.366 e. The van der Waals surface area contributed by atoms with Crippen molar-refractivity contribution in [2.45, 2.75) is 13.5 Å². The first-order chi connectivity index (χ1) is 7.25. The van der Waals surface area contributed by atoms with Crippen molar-refractivity contribution < 1.29 is 0 Å². The molecule has 0 aliphatic heterocycles. The van der Waals surface area contributed by atoms with E-state index < -0.39 is 0 Å². The van der Waals surface area contributed by atoms with Gasteiger partial charge in [-0.05, 0) is 35.0 Å². The van der Waals surface area contributed by atoms with Gasteiger partial charge in [-0.3, -0.25) is 5.10 Å². The first-order valence-corrected chi connectivity index (χ1v) is 5.39. The molecule has 0 bridgehead atoms. The van der Waals surface area contributed by atoms with Crippen molar-refractivity contribution in [1.29, 1.82) is 0 Å². The zero-order valence-electron chi connectivity index (χ0n) is 8.29. The maximum atomic E-state index is 4.22. The number of nitrogens with zero attached hydrogens (tertiary/aromatic N) is 2. The standard InChI is InChI=1S/C10H11BrN4/c1-7-8(5-14-15-7)4-12-10-3-2-9(11)6-13-10/h2-3,5-6H,4H2,1H3,(H,12,13)(H,14,15). The van der Waals surface area contributed by atoms with Crippen LogP contribution in [0.15, 0.2) is 29.0 Å². The SMILES string of the molecule is Cc1[nH]ncc1CNc1ccc(Br)cn1. The smallest absolute Gasteiger partial charge is 0.126 e. The monoisotopic (exact) mass is 266 g/mol. The Labute approximate surface area is 96.3 Å². The van der Waals surface area contributed by atoms with Gasteiger partial charge >= 0.3 is 0 Å². The average Bonchev–Trinajstić information content (AvgIpc) is 2.63. The number of pyridine rings is 1. The van der Waals surface area contributed by atoms with E-state index in [9.17, 15) is 0 Å². The van der Waals surface area contributed by atoms with Crippen molar-refractivity contribution in [3.05, 3.63) is 40.3 Å². The van der Waals surface area contributed by atoms with E-state index in [1.165, 1.54) is 0 Å². The van der Waals surface area contributed by atoms with Crippen molar-refractivity contribution in [1.82, 2.24) is 15.2 Å². The number of hydrogen-bond acceptors (Lipinski definition) is 3. The lowest BCUT2D eigenvalue weighted by Crippen LogP contribution is -2.01. The number of anilines is 1. The summed E-state index contributed by atoms with van der Waals surface area (Å²) in [5.74, 6) is 0.860. The molecule has 2 N–H and O–H groups in total. The summed E-state index contributed by atoms with van der Waals surface area (Å²) in [6, 6.07) is 3.89. The Balaban J connectivity index is 1.99. The van der Waals surface area contributed by atoms with Crippen LogP contribution in [0.3, 0.4) is 0 Å². The number of aromatic nitrogens is 3. The molecule has 0 aliphatic rings. The highest BCUT2D eigenvalue weighted by atomic mass is 79.9. The Morgan fingerprint density at radius 1 is 1.40 bits per heavy atom. The molecule has 15 heavy (non-hydrogen) atoms. The van der Waals surface area contributed by atoms with E-state index in [0.717, 1.165) is 28.1 Å². The van der Waals surface area contributed by atoms with Gasteiger partial charge in [-0.25, -0.2) is 4.98 Å². The number of hydrogen-bond donors (Lipinski definition) is 2. The van der Waals surface area contributed by atoms with Crippen LogP contribution in [0.4, 0.5) is 5.82 Å². The fourth-order valence-electron chi connectivity index (χ4n) is 1.22. The summed E-state index contributed by atoms with van der Waals surface area (Å²) in [4.78, 5) is 4.22. The zero-order chi connectivity index (χ0) is 10.7. The van der Waals surface area contributed by atoms with Crippen molar-refractivity contribution in [2.24, 2.45) is 0 Å². The van der Waals surface area contributed by atoms with E-state index in [1.54, 1.807) is 6.20 Å². The Morgan fingerprint density at radius 3 is 2.87 bits per heavy atom. The lowest BCUT2D eigenvalue weighted by molar-refractivity contribution is 1.04. The lowest BCUT2D eigenvalue weighted by atomic mass is 10.2. The van der Waals surface area contributed by atoms with Crippen LogP contribution in [0.25, 0.3) is 0 Å². The molecule has 0 spiro atoms. The number of nitrogens with one attached hydrogen (secondary N) is 2. The summed E-state index contributed by atoms with van der Waals surface area (Å²) >= 11 is 3.34. The molecule has 0 fully saturated rings. The molecule has 5 heteroatoms. The van der Waals surface area contributed by atoms with Crippen LogP contribution in [-0.2, 0) is 6.54 Å². The first kappa shape index (κ1) is 10.2. The van der Waals surface area contributed by atoms with Crippen LogP contribution in [0.5, 0.6) is 0 Å². The molecule has 0 unspecified atom stereocenters. The van der Waals surface area contributed by atoms with Gasteiger partial charge in [0, 0.05) is 28.5 Å². The summed E-state index contributed by atoms with van der Waals surface area (Å²) in [7, 11) is 0. The van der Waals surface area contributed by atoms with E-state index in [0.29, 0.717) is 0 Å². The van der Waals surface area contributed by atoms with Gasteiger partial charge < -0.3 is 5.32 Å². The summed E-state index contributed by atoms with van der Waals surface area (Å²) in [6.07, 6.45) is 3.59.